The third-order valence-electron chi connectivity index (χ3n) is 4.68. The molecule has 27 heavy (non-hydrogen) atoms. The number of rotatable bonds is 4. The quantitative estimate of drug-likeness (QED) is 0.662. The van der Waals surface area contributed by atoms with E-state index in [4.69, 9.17) is 16.0 Å². The number of benzene rings is 2. The highest BCUT2D eigenvalue weighted by Gasteiger charge is 2.29. The third kappa shape index (κ3) is 3.53. The van der Waals surface area contributed by atoms with E-state index in [2.05, 4.69) is 0 Å². The van der Waals surface area contributed by atoms with Crippen molar-refractivity contribution in [1.29, 1.82) is 0 Å². The van der Waals surface area contributed by atoms with Crippen LogP contribution in [0.2, 0.25) is 5.02 Å². The lowest BCUT2D eigenvalue weighted by Gasteiger charge is -2.33. The Morgan fingerprint density at radius 3 is 2.48 bits per heavy atom. The van der Waals surface area contributed by atoms with E-state index in [0.29, 0.717) is 43.5 Å². The van der Waals surface area contributed by atoms with E-state index in [1.54, 1.807) is 28.8 Å². The molecule has 0 atom stereocenters. The van der Waals surface area contributed by atoms with E-state index in [-0.39, 0.29) is 4.90 Å². The van der Waals surface area contributed by atoms with Crippen molar-refractivity contribution in [1.82, 2.24) is 13.8 Å². The molecule has 3 aromatic rings. The predicted octanol–water partition coefficient (Wildman–Crippen LogP) is 2.21. The molecule has 1 aliphatic heterocycles. The van der Waals surface area contributed by atoms with Crippen LogP contribution in [0.1, 0.15) is 0 Å². The van der Waals surface area contributed by atoms with Gasteiger partial charge >= 0.3 is 5.76 Å². The van der Waals surface area contributed by atoms with Crippen molar-refractivity contribution in [3.8, 4) is 0 Å². The van der Waals surface area contributed by atoms with Crippen LogP contribution in [0.15, 0.2) is 62.6 Å². The van der Waals surface area contributed by atoms with Crippen LogP contribution in [-0.2, 0) is 16.7 Å². The van der Waals surface area contributed by atoms with Gasteiger partial charge < -0.3 is 4.42 Å². The number of para-hydroxylation sites is 2. The maximum atomic E-state index is 12.8. The van der Waals surface area contributed by atoms with Gasteiger partial charge in [-0.1, -0.05) is 29.8 Å². The van der Waals surface area contributed by atoms with Crippen molar-refractivity contribution in [2.75, 3.05) is 26.2 Å². The number of hydrogen-bond acceptors (Lipinski definition) is 5. The minimum absolute atomic E-state index is 0.195. The summed E-state index contributed by atoms with van der Waals surface area (Å²) in [4.78, 5) is 14.3. The molecule has 0 saturated carbocycles. The lowest BCUT2D eigenvalue weighted by atomic mass is 10.3. The molecule has 9 heteroatoms. The summed E-state index contributed by atoms with van der Waals surface area (Å²) in [6, 6.07) is 13.5. The van der Waals surface area contributed by atoms with Crippen LogP contribution < -0.4 is 5.76 Å². The van der Waals surface area contributed by atoms with Gasteiger partial charge in [-0.25, -0.2) is 13.2 Å². The fraction of sp³-hybridized carbons (Fsp3) is 0.278. The average Bonchev–Trinajstić information content (AvgIpc) is 2.98. The minimum atomic E-state index is -3.58. The van der Waals surface area contributed by atoms with Gasteiger partial charge in [-0.2, -0.15) is 4.31 Å². The van der Waals surface area contributed by atoms with Crippen LogP contribution in [0, 0.1) is 0 Å². The Hall–Kier alpha value is -2.13. The number of aromatic nitrogens is 1. The topological polar surface area (TPSA) is 75.8 Å². The Morgan fingerprint density at radius 1 is 1.00 bits per heavy atom. The van der Waals surface area contributed by atoms with E-state index in [1.165, 1.54) is 10.4 Å². The van der Waals surface area contributed by atoms with E-state index in [1.807, 2.05) is 23.1 Å². The molecule has 1 saturated heterocycles. The molecule has 0 spiro atoms. The summed E-state index contributed by atoms with van der Waals surface area (Å²) in [7, 11) is -3.58. The molecule has 2 heterocycles. The monoisotopic (exact) mass is 407 g/mol. The fourth-order valence-corrected chi connectivity index (χ4v) is 4.96. The molecule has 0 aliphatic carbocycles. The molecule has 2 aromatic carbocycles. The second-order valence-corrected chi connectivity index (χ2v) is 8.76. The van der Waals surface area contributed by atoms with Crippen molar-refractivity contribution in [2.24, 2.45) is 0 Å². The summed E-state index contributed by atoms with van der Waals surface area (Å²) in [6.07, 6.45) is 0. The van der Waals surface area contributed by atoms with Crippen molar-refractivity contribution < 1.29 is 12.8 Å². The van der Waals surface area contributed by atoms with Crippen molar-refractivity contribution in [3.63, 3.8) is 0 Å². The van der Waals surface area contributed by atoms with Gasteiger partial charge in [0, 0.05) is 31.2 Å². The molecule has 1 fully saturated rings. The summed E-state index contributed by atoms with van der Waals surface area (Å²) in [5.41, 5.74) is 1.28. The van der Waals surface area contributed by atoms with E-state index in [0.717, 1.165) is 5.52 Å². The second kappa shape index (κ2) is 7.12. The molecule has 0 N–H and O–H groups in total. The molecule has 0 bridgehead atoms. The largest absolute Gasteiger partial charge is 0.421 e. The average molecular weight is 408 g/mol. The highest BCUT2D eigenvalue weighted by molar-refractivity contribution is 7.89. The van der Waals surface area contributed by atoms with Crippen LogP contribution >= 0.6 is 11.6 Å². The Bertz CT molecular complexity index is 1130. The van der Waals surface area contributed by atoms with Gasteiger partial charge in [0.25, 0.3) is 0 Å². The van der Waals surface area contributed by atoms with Gasteiger partial charge in [0.15, 0.2) is 5.58 Å². The molecular weight excluding hydrogens is 390 g/mol. The van der Waals surface area contributed by atoms with E-state index in [9.17, 15) is 13.2 Å². The maximum Gasteiger partial charge on any atom is 0.421 e. The lowest BCUT2D eigenvalue weighted by molar-refractivity contribution is 0.150. The highest BCUT2D eigenvalue weighted by Crippen LogP contribution is 2.21. The van der Waals surface area contributed by atoms with Crippen LogP contribution in [0.3, 0.4) is 0 Å². The first-order chi connectivity index (χ1) is 12.9. The highest BCUT2D eigenvalue weighted by atomic mass is 35.5. The van der Waals surface area contributed by atoms with Gasteiger partial charge in [0.05, 0.1) is 17.1 Å². The zero-order chi connectivity index (χ0) is 19.0. The lowest BCUT2D eigenvalue weighted by Crippen LogP contribution is -2.49. The number of nitrogens with zero attached hydrogens (tertiary/aromatic N) is 3. The summed E-state index contributed by atoms with van der Waals surface area (Å²) >= 11 is 5.92. The molecule has 142 valence electrons. The van der Waals surface area contributed by atoms with Crippen LogP contribution in [0.4, 0.5) is 0 Å². The minimum Gasteiger partial charge on any atom is -0.408 e. The molecule has 0 radical (unpaired) electrons. The Balaban J connectivity index is 1.47. The van der Waals surface area contributed by atoms with Gasteiger partial charge in [0.1, 0.15) is 0 Å². The van der Waals surface area contributed by atoms with Crippen LogP contribution in [-0.4, -0.2) is 48.4 Å². The SMILES string of the molecule is O=c1oc2ccccc2n1CN1CCN(S(=O)(=O)c2cccc(Cl)c2)CC1. The molecule has 1 aliphatic rings. The van der Waals surface area contributed by atoms with Crippen LogP contribution in [0.25, 0.3) is 11.1 Å². The van der Waals surface area contributed by atoms with Gasteiger partial charge in [-0.3, -0.25) is 9.47 Å². The maximum absolute atomic E-state index is 12.8. The zero-order valence-corrected chi connectivity index (χ0v) is 16.0. The van der Waals surface area contributed by atoms with Gasteiger partial charge in [-0.05, 0) is 30.3 Å². The van der Waals surface area contributed by atoms with E-state index >= 15 is 0 Å². The standard InChI is InChI=1S/C18H18ClN3O4S/c19-14-4-3-5-15(12-14)27(24,25)21-10-8-20(9-11-21)13-22-16-6-1-2-7-17(16)26-18(22)23/h1-7,12H,8-11,13H2. The number of piperazine rings is 1. The Morgan fingerprint density at radius 2 is 1.74 bits per heavy atom. The predicted molar refractivity (Wildman–Crippen MR) is 102 cm³/mol. The van der Waals surface area contributed by atoms with Crippen molar-refractivity contribution in [3.05, 3.63) is 64.1 Å². The summed E-state index contributed by atoms with van der Waals surface area (Å²) in [6.45, 7) is 2.09. The number of oxazole rings is 1. The van der Waals surface area contributed by atoms with Gasteiger partial charge in [-0.15, -0.1) is 0 Å². The summed E-state index contributed by atoms with van der Waals surface area (Å²) in [5.74, 6) is -0.412. The van der Waals surface area contributed by atoms with E-state index < -0.39 is 15.8 Å². The number of sulfonamides is 1. The smallest absolute Gasteiger partial charge is 0.408 e. The number of hydrogen-bond donors (Lipinski definition) is 0. The fourth-order valence-electron chi connectivity index (χ4n) is 3.24. The van der Waals surface area contributed by atoms with Crippen LogP contribution in [0.5, 0.6) is 0 Å². The summed E-state index contributed by atoms with van der Waals surface area (Å²) < 4.78 is 33.8. The molecule has 0 unspecified atom stereocenters. The molecule has 7 nitrogen and oxygen atoms in total. The first-order valence-electron chi connectivity index (χ1n) is 8.51. The first kappa shape index (κ1) is 18.2. The third-order valence-corrected chi connectivity index (χ3v) is 6.81. The Kier molecular flexibility index (Phi) is 4.81. The summed E-state index contributed by atoms with van der Waals surface area (Å²) in [5, 5.41) is 0.390. The van der Waals surface area contributed by atoms with Gasteiger partial charge in [0.2, 0.25) is 10.0 Å². The normalized spacial score (nSPS) is 16.8. The number of fused-ring (bicyclic) bond motifs is 1. The molecular formula is C18H18ClN3O4S. The molecule has 1 aromatic heterocycles. The molecule has 0 amide bonds. The number of halogens is 1. The second-order valence-electron chi connectivity index (χ2n) is 6.38. The van der Waals surface area contributed by atoms with Crippen molar-refractivity contribution in [2.45, 2.75) is 11.6 Å². The van der Waals surface area contributed by atoms with Crippen molar-refractivity contribution >= 4 is 32.7 Å². The zero-order valence-electron chi connectivity index (χ0n) is 14.4. The Labute approximate surface area is 161 Å². The first-order valence-corrected chi connectivity index (χ1v) is 10.3. The molecule has 4 rings (SSSR count).